The molecule has 0 saturated carbocycles. The van der Waals surface area contributed by atoms with Gasteiger partial charge in [0.05, 0.1) is 26.2 Å². The fraction of sp³-hybridized carbons (Fsp3) is 0.481. The molecule has 2 saturated heterocycles. The summed E-state index contributed by atoms with van der Waals surface area (Å²) in [6.07, 6.45) is 4.00. The number of urea groups is 1. The van der Waals surface area contributed by atoms with Gasteiger partial charge in [-0.25, -0.2) is 4.79 Å². The Morgan fingerprint density at radius 2 is 1.91 bits per heavy atom. The Bertz CT molecular complexity index is 1060. The smallest absolute Gasteiger partial charge is 0.317 e. The molecule has 1 N–H and O–H groups in total. The Morgan fingerprint density at radius 3 is 2.68 bits per heavy atom. The van der Waals surface area contributed by atoms with Crippen molar-refractivity contribution in [3.8, 4) is 11.5 Å². The van der Waals surface area contributed by atoms with Gasteiger partial charge in [-0.1, -0.05) is 36.4 Å². The van der Waals surface area contributed by atoms with Crippen molar-refractivity contribution in [1.82, 2.24) is 15.1 Å². The molecule has 0 spiro atoms. The third-order valence-corrected chi connectivity index (χ3v) is 7.66. The number of amides is 3. The highest BCUT2D eigenvalue weighted by Crippen LogP contribution is 2.47. The molecule has 0 unspecified atom stereocenters. The Morgan fingerprint density at radius 1 is 1.09 bits per heavy atom. The molecule has 7 nitrogen and oxygen atoms in total. The summed E-state index contributed by atoms with van der Waals surface area (Å²) in [6.45, 7) is 1.95. The first-order valence-corrected chi connectivity index (χ1v) is 12.2. The van der Waals surface area contributed by atoms with Crippen molar-refractivity contribution in [3.05, 3.63) is 59.2 Å². The Kier molecular flexibility index (Phi) is 6.35. The second kappa shape index (κ2) is 9.57. The third-order valence-electron chi connectivity index (χ3n) is 7.66. The summed E-state index contributed by atoms with van der Waals surface area (Å²) in [5.41, 5.74) is 3.43. The highest BCUT2D eigenvalue weighted by Gasteiger charge is 2.49. The summed E-state index contributed by atoms with van der Waals surface area (Å²) < 4.78 is 11.2. The van der Waals surface area contributed by atoms with E-state index in [1.54, 1.807) is 14.2 Å². The number of piperidine rings is 2. The molecule has 2 aromatic rings. The minimum absolute atomic E-state index is 0.0463. The number of benzene rings is 2. The summed E-state index contributed by atoms with van der Waals surface area (Å²) in [5.74, 6) is 1.54. The van der Waals surface area contributed by atoms with Crippen LogP contribution in [0, 0.1) is 5.92 Å². The van der Waals surface area contributed by atoms with Crippen LogP contribution in [-0.4, -0.2) is 61.6 Å². The molecule has 3 amide bonds. The molecule has 3 aliphatic heterocycles. The second-order valence-corrected chi connectivity index (χ2v) is 9.38. The van der Waals surface area contributed by atoms with Gasteiger partial charge in [-0.15, -0.1) is 0 Å². The number of ether oxygens (including phenoxy) is 2. The number of methoxy groups -OCH3 is 2. The number of nitrogens with one attached hydrogen (secondary N) is 1. The van der Waals surface area contributed by atoms with Gasteiger partial charge >= 0.3 is 6.03 Å². The Balaban J connectivity index is 1.35. The lowest BCUT2D eigenvalue weighted by molar-refractivity contribution is -0.148. The van der Waals surface area contributed by atoms with Crippen LogP contribution in [0.1, 0.15) is 42.0 Å². The van der Waals surface area contributed by atoms with Crippen molar-refractivity contribution < 1.29 is 19.1 Å². The van der Waals surface area contributed by atoms with Gasteiger partial charge in [0.1, 0.15) is 0 Å². The van der Waals surface area contributed by atoms with Crippen molar-refractivity contribution in [2.45, 2.75) is 44.2 Å². The number of carbonyl (C=O) groups excluding carboxylic acids is 2. The molecule has 0 bridgehead atoms. The predicted octanol–water partition coefficient (Wildman–Crippen LogP) is 3.57. The van der Waals surface area contributed by atoms with Gasteiger partial charge in [-0.05, 0) is 49.3 Å². The van der Waals surface area contributed by atoms with Crippen LogP contribution in [0.25, 0.3) is 0 Å². The predicted molar refractivity (Wildman–Crippen MR) is 129 cm³/mol. The summed E-state index contributed by atoms with van der Waals surface area (Å²) in [4.78, 5) is 30.7. The van der Waals surface area contributed by atoms with E-state index in [2.05, 4.69) is 23.5 Å². The van der Waals surface area contributed by atoms with E-state index in [4.69, 9.17) is 9.47 Å². The normalized spacial score (nSPS) is 23.5. The van der Waals surface area contributed by atoms with Crippen LogP contribution in [-0.2, 0) is 17.6 Å². The van der Waals surface area contributed by atoms with Gasteiger partial charge in [0, 0.05) is 31.2 Å². The number of hydrogen-bond donors (Lipinski definition) is 1. The number of hydrogen-bond acceptors (Lipinski definition) is 4. The van der Waals surface area contributed by atoms with Crippen LogP contribution in [0.15, 0.2) is 42.5 Å². The lowest BCUT2D eigenvalue weighted by atomic mass is 9.76. The zero-order valence-electron chi connectivity index (χ0n) is 20.0. The maximum Gasteiger partial charge on any atom is 0.317 e. The van der Waals surface area contributed by atoms with Crippen molar-refractivity contribution in [2.24, 2.45) is 5.92 Å². The molecule has 0 radical (unpaired) electrons. The first-order valence-electron chi connectivity index (χ1n) is 12.2. The third kappa shape index (κ3) is 3.97. The standard InChI is InChI=1S/C27H33N3O4/c1-33-24-11-10-19-20(25(24)34-2)13-16-29-22(19)17-23-21(26(29)31)9-6-15-30(23)27(32)28-14-12-18-7-4-3-5-8-18/h3-5,7-8,10-11,21-23H,6,9,12-17H2,1-2H3,(H,28,32)/t21-,22+,23-/m1/s1. The van der Waals surface area contributed by atoms with Gasteiger partial charge in [-0.3, -0.25) is 4.79 Å². The van der Waals surface area contributed by atoms with Crippen molar-refractivity contribution in [1.29, 1.82) is 0 Å². The van der Waals surface area contributed by atoms with Crippen LogP contribution in [0.4, 0.5) is 4.79 Å². The topological polar surface area (TPSA) is 71.1 Å². The van der Waals surface area contributed by atoms with E-state index in [0.29, 0.717) is 25.4 Å². The van der Waals surface area contributed by atoms with E-state index in [9.17, 15) is 9.59 Å². The highest BCUT2D eigenvalue weighted by atomic mass is 16.5. The van der Waals surface area contributed by atoms with Gasteiger partial charge in [0.25, 0.3) is 0 Å². The maximum absolute atomic E-state index is 13.6. The van der Waals surface area contributed by atoms with Crippen molar-refractivity contribution >= 4 is 11.9 Å². The van der Waals surface area contributed by atoms with Crippen molar-refractivity contribution in [3.63, 3.8) is 0 Å². The molecule has 3 heterocycles. The molecule has 2 fully saturated rings. The van der Waals surface area contributed by atoms with Crippen molar-refractivity contribution in [2.75, 3.05) is 33.9 Å². The molecule has 3 atom stereocenters. The minimum Gasteiger partial charge on any atom is -0.493 e. The first kappa shape index (κ1) is 22.6. The zero-order chi connectivity index (χ0) is 23.7. The largest absolute Gasteiger partial charge is 0.493 e. The van der Waals surface area contributed by atoms with Crippen LogP contribution < -0.4 is 14.8 Å². The second-order valence-electron chi connectivity index (χ2n) is 9.38. The number of rotatable bonds is 5. The molecule has 34 heavy (non-hydrogen) atoms. The molecular weight excluding hydrogens is 430 g/mol. The number of carbonyl (C=O) groups is 2. The van der Waals surface area contributed by atoms with E-state index in [-0.39, 0.29) is 29.9 Å². The summed E-state index contributed by atoms with van der Waals surface area (Å²) in [7, 11) is 3.31. The highest BCUT2D eigenvalue weighted by molar-refractivity contribution is 5.84. The molecule has 7 heteroatoms. The summed E-state index contributed by atoms with van der Waals surface area (Å²) in [5, 5.41) is 3.10. The number of likely N-dealkylation sites (tertiary alicyclic amines) is 1. The molecule has 5 rings (SSSR count). The van der Waals surface area contributed by atoms with Crippen LogP contribution in [0.5, 0.6) is 11.5 Å². The fourth-order valence-corrected chi connectivity index (χ4v) is 6.04. The van der Waals surface area contributed by atoms with E-state index in [1.807, 2.05) is 34.1 Å². The summed E-state index contributed by atoms with van der Waals surface area (Å²) in [6, 6.07) is 14.0. The van der Waals surface area contributed by atoms with Gasteiger partial charge in [-0.2, -0.15) is 0 Å². The molecule has 0 aromatic heterocycles. The zero-order valence-corrected chi connectivity index (χ0v) is 20.0. The average Bonchev–Trinajstić information content (AvgIpc) is 2.88. The maximum atomic E-state index is 13.6. The van der Waals surface area contributed by atoms with E-state index < -0.39 is 0 Å². The minimum atomic E-state index is -0.119. The molecule has 3 aliphatic rings. The van der Waals surface area contributed by atoms with Gasteiger partial charge < -0.3 is 24.6 Å². The Labute approximate surface area is 201 Å². The van der Waals surface area contributed by atoms with Gasteiger partial charge in [0.15, 0.2) is 11.5 Å². The lowest BCUT2D eigenvalue weighted by Crippen LogP contribution is -2.61. The van der Waals surface area contributed by atoms with Gasteiger partial charge in [0.2, 0.25) is 5.91 Å². The van der Waals surface area contributed by atoms with E-state index >= 15 is 0 Å². The van der Waals surface area contributed by atoms with E-state index in [1.165, 1.54) is 5.56 Å². The number of nitrogens with zero attached hydrogens (tertiary/aromatic N) is 2. The molecular formula is C27H33N3O4. The SMILES string of the molecule is COc1ccc2c(c1OC)CCN1C(=O)[C@@H]3CCCN(C(=O)NCCc4ccccc4)[C@@H]3C[C@@H]21. The van der Waals surface area contributed by atoms with Crippen LogP contribution in [0.3, 0.4) is 0 Å². The molecule has 2 aromatic carbocycles. The lowest BCUT2D eigenvalue weighted by Gasteiger charge is -2.51. The van der Waals surface area contributed by atoms with E-state index in [0.717, 1.165) is 49.0 Å². The number of fused-ring (bicyclic) bond motifs is 4. The first-order chi connectivity index (χ1) is 16.6. The summed E-state index contributed by atoms with van der Waals surface area (Å²) >= 11 is 0. The monoisotopic (exact) mass is 463 g/mol. The molecule has 0 aliphatic carbocycles. The quantitative estimate of drug-likeness (QED) is 0.736. The van der Waals surface area contributed by atoms with Crippen LogP contribution in [0.2, 0.25) is 0 Å². The average molecular weight is 464 g/mol. The van der Waals surface area contributed by atoms with Crippen LogP contribution >= 0.6 is 0 Å². The Hall–Kier alpha value is -3.22. The fourth-order valence-electron chi connectivity index (χ4n) is 6.04. The molecule has 180 valence electrons.